The van der Waals surface area contributed by atoms with Crippen molar-refractivity contribution < 1.29 is 54.3 Å². The second kappa shape index (κ2) is 10.3. The number of oxime groups is 1. The first-order chi connectivity index (χ1) is 15.3. The SMILES string of the molecule is Cc1ncsc1C=CC1=C(C(=O)[O-])N2C(=O)C[C@@H]2SC1NC(=O)C(=NO)c1nsc(N)n1.[Na+]. The monoisotopic (exact) mass is 515 g/mol. The fourth-order valence-corrected chi connectivity index (χ4v) is 5.64. The van der Waals surface area contributed by atoms with Crippen molar-refractivity contribution in [2.45, 2.75) is 24.1 Å². The van der Waals surface area contributed by atoms with Crippen LogP contribution in [0.2, 0.25) is 0 Å². The van der Waals surface area contributed by atoms with Crippen LogP contribution in [0.15, 0.2) is 28.0 Å². The zero-order valence-electron chi connectivity index (χ0n) is 17.2. The Morgan fingerprint density at radius 1 is 1.42 bits per heavy atom. The molecular weight excluding hydrogens is 501 g/mol. The van der Waals surface area contributed by atoms with Crippen molar-refractivity contribution in [1.82, 2.24) is 24.6 Å². The first kappa shape index (κ1) is 25.3. The van der Waals surface area contributed by atoms with E-state index < -0.39 is 28.3 Å². The average molecular weight is 516 g/mol. The van der Waals surface area contributed by atoms with Crippen LogP contribution in [0.1, 0.15) is 22.8 Å². The Hall–Kier alpha value is -2.30. The third-order valence-electron chi connectivity index (χ3n) is 4.62. The van der Waals surface area contributed by atoms with E-state index >= 15 is 0 Å². The second-order valence-electron chi connectivity index (χ2n) is 6.54. The smallest absolute Gasteiger partial charge is 0.543 e. The summed E-state index contributed by atoms with van der Waals surface area (Å²) in [6.07, 6.45) is 3.27. The molecule has 0 spiro atoms. The predicted octanol–water partition coefficient (Wildman–Crippen LogP) is -3.47. The van der Waals surface area contributed by atoms with Crippen molar-refractivity contribution in [3.8, 4) is 0 Å². The summed E-state index contributed by atoms with van der Waals surface area (Å²) in [6.45, 7) is 1.80. The number of thioether (sulfide) groups is 1. The summed E-state index contributed by atoms with van der Waals surface area (Å²) in [6, 6.07) is 0. The van der Waals surface area contributed by atoms with Crippen LogP contribution < -0.4 is 45.7 Å². The maximum Gasteiger partial charge on any atom is 1.00 e. The number of aliphatic carboxylic acids is 1. The number of nitrogens with zero attached hydrogens (tertiary/aromatic N) is 5. The van der Waals surface area contributed by atoms with E-state index in [-0.39, 0.29) is 64.1 Å². The molecule has 0 aromatic carbocycles. The first-order valence-electron chi connectivity index (χ1n) is 8.93. The summed E-state index contributed by atoms with van der Waals surface area (Å²) in [5, 5.41) is 25.6. The van der Waals surface area contributed by atoms with Crippen LogP contribution in [0.25, 0.3) is 6.08 Å². The number of anilines is 1. The second-order valence-corrected chi connectivity index (χ2v) is 9.50. The van der Waals surface area contributed by atoms with Crippen LogP contribution >= 0.6 is 34.6 Å². The maximum absolute atomic E-state index is 12.8. The quantitative estimate of drug-likeness (QED) is 0.115. The standard InChI is InChI=1S/C17H15N7O5S3.Na/c1-6-8(30-5-19-6)3-2-7-12(16(27)28)24-9(25)4-10(24)31-15(7)21-14(26)11(22-29)13-20-17(18)32-23-13;/h2-3,5,10,15,29H,4H2,1H3,(H,21,26)(H,27,28)(H2,18,20,23);/q;+1/p-1/t10-,15?;/m0./s1. The molecule has 0 radical (unpaired) electrons. The Labute approximate surface area is 221 Å². The van der Waals surface area contributed by atoms with E-state index in [4.69, 9.17) is 5.73 Å². The predicted molar refractivity (Wildman–Crippen MR) is 115 cm³/mol. The Morgan fingerprint density at radius 2 is 2.18 bits per heavy atom. The van der Waals surface area contributed by atoms with Crippen molar-refractivity contribution in [3.05, 3.63) is 39.3 Å². The summed E-state index contributed by atoms with van der Waals surface area (Å²) >= 11 is 3.34. The van der Waals surface area contributed by atoms with E-state index in [2.05, 4.69) is 24.8 Å². The van der Waals surface area contributed by atoms with Crippen molar-refractivity contribution >= 4 is 69.3 Å². The van der Waals surface area contributed by atoms with Gasteiger partial charge in [-0.25, -0.2) is 4.98 Å². The minimum absolute atomic E-state index is 0. The molecule has 1 saturated heterocycles. The fourth-order valence-electron chi connectivity index (χ4n) is 3.10. The van der Waals surface area contributed by atoms with Gasteiger partial charge in [-0.15, -0.1) is 23.1 Å². The molecule has 4 heterocycles. The number of carboxylic acid groups (broad SMARTS) is 1. The zero-order valence-corrected chi connectivity index (χ0v) is 21.7. The molecule has 0 saturated carbocycles. The molecule has 2 aromatic rings. The Bertz CT molecular complexity index is 1210. The summed E-state index contributed by atoms with van der Waals surface area (Å²) in [5.41, 5.74) is 7.24. The van der Waals surface area contributed by atoms with Gasteiger partial charge in [-0.1, -0.05) is 11.2 Å². The van der Waals surface area contributed by atoms with Crippen LogP contribution in [-0.4, -0.2) is 58.7 Å². The van der Waals surface area contributed by atoms with Gasteiger partial charge in [0, 0.05) is 22.0 Å². The number of thiazole rings is 1. The molecule has 12 nitrogen and oxygen atoms in total. The van der Waals surface area contributed by atoms with Gasteiger partial charge >= 0.3 is 29.6 Å². The van der Waals surface area contributed by atoms with Gasteiger partial charge in [-0.3, -0.25) is 14.5 Å². The zero-order chi connectivity index (χ0) is 23.0. The van der Waals surface area contributed by atoms with E-state index in [0.717, 1.165) is 27.0 Å². The van der Waals surface area contributed by atoms with Crippen LogP contribution in [0.3, 0.4) is 0 Å². The topological polar surface area (TPSA) is 187 Å². The minimum Gasteiger partial charge on any atom is -0.543 e. The average Bonchev–Trinajstić information content (AvgIpc) is 3.34. The molecular formula is C17H14N7NaO5S3. The number of amides is 2. The maximum atomic E-state index is 12.8. The molecule has 0 aliphatic carbocycles. The van der Waals surface area contributed by atoms with Crippen LogP contribution in [-0.2, 0) is 14.4 Å². The van der Waals surface area contributed by atoms with E-state index in [9.17, 15) is 24.7 Å². The molecule has 2 atom stereocenters. The number of rotatable bonds is 6. The number of aromatic nitrogens is 3. The minimum atomic E-state index is -1.55. The molecule has 1 fully saturated rings. The van der Waals surface area contributed by atoms with E-state index in [0.29, 0.717) is 0 Å². The number of nitrogens with two attached hydrogens (primary N) is 1. The summed E-state index contributed by atoms with van der Waals surface area (Å²) in [4.78, 5) is 46.7. The summed E-state index contributed by atoms with van der Waals surface area (Å²) in [7, 11) is 0. The number of hydrogen-bond donors (Lipinski definition) is 3. The van der Waals surface area contributed by atoms with Gasteiger partial charge in [0.05, 0.1) is 34.7 Å². The van der Waals surface area contributed by atoms with Gasteiger partial charge in [-0.05, 0) is 13.0 Å². The number of carbonyl (C=O) groups is 3. The number of β-lactam (4-membered cyclic amide) rings is 1. The van der Waals surface area contributed by atoms with Crippen LogP contribution in [0, 0.1) is 6.92 Å². The number of aryl methyl sites for hydroxylation is 1. The number of hydrogen-bond acceptors (Lipinski definition) is 13. The van der Waals surface area contributed by atoms with E-state index in [1.807, 2.05) is 0 Å². The van der Waals surface area contributed by atoms with Gasteiger partial charge in [-0.2, -0.15) is 9.36 Å². The van der Waals surface area contributed by atoms with Gasteiger partial charge in [0.15, 0.2) is 5.13 Å². The fraction of sp³-hybridized carbons (Fsp3) is 0.235. The number of carbonyl (C=O) groups excluding carboxylic acids is 3. The van der Waals surface area contributed by atoms with Gasteiger partial charge in [0.25, 0.3) is 5.91 Å². The van der Waals surface area contributed by atoms with E-state index in [1.165, 1.54) is 29.2 Å². The Balaban J connectivity index is 0.00000306. The largest absolute Gasteiger partial charge is 1.00 e. The molecule has 0 bridgehead atoms. The van der Waals surface area contributed by atoms with Gasteiger partial charge < -0.3 is 26.2 Å². The Kier molecular flexibility index (Phi) is 7.92. The van der Waals surface area contributed by atoms with Crippen molar-refractivity contribution in [2.75, 3.05) is 5.73 Å². The van der Waals surface area contributed by atoms with Gasteiger partial charge in [0.1, 0.15) is 5.37 Å². The molecule has 166 valence electrons. The normalized spacial score (nSPS) is 20.3. The molecule has 4 rings (SSSR count). The summed E-state index contributed by atoms with van der Waals surface area (Å²) in [5.74, 6) is -2.92. The van der Waals surface area contributed by atoms with Crippen LogP contribution in [0.4, 0.5) is 5.13 Å². The number of nitrogens with one attached hydrogen (secondary N) is 1. The third-order valence-corrected chi connectivity index (χ3v) is 7.39. The molecule has 2 aromatic heterocycles. The van der Waals surface area contributed by atoms with E-state index in [1.54, 1.807) is 18.5 Å². The Morgan fingerprint density at radius 3 is 2.73 bits per heavy atom. The molecule has 2 amide bonds. The number of fused-ring (bicyclic) bond motifs is 1. The molecule has 2 aliphatic heterocycles. The van der Waals surface area contributed by atoms with Crippen molar-refractivity contribution in [1.29, 1.82) is 0 Å². The molecule has 1 unspecified atom stereocenters. The molecule has 16 heteroatoms. The number of nitrogen functional groups attached to an aromatic ring is 1. The third kappa shape index (κ3) is 4.97. The first-order valence-corrected chi connectivity index (χ1v) is 11.5. The number of carboxylic acids is 1. The van der Waals surface area contributed by atoms with Crippen molar-refractivity contribution in [2.24, 2.45) is 5.16 Å². The summed E-state index contributed by atoms with van der Waals surface area (Å²) < 4.78 is 3.85. The molecule has 4 N–H and O–H groups in total. The molecule has 33 heavy (non-hydrogen) atoms. The van der Waals surface area contributed by atoms with Gasteiger partial charge in [0.2, 0.25) is 17.4 Å². The van der Waals surface area contributed by atoms with Crippen LogP contribution in [0.5, 0.6) is 0 Å². The molecule has 2 aliphatic rings. The van der Waals surface area contributed by atoms with Crippen molar-refractivity contribution in [3.63, 3.8) is 0 Å².